The van der Waals surface area contributed by atoms with Crippen LogP contribution in [0.3, 0.4) is 0 Å². The van der Waals surface area contributed by atoms with E-state index in [9.17, 15) is 30.0 Å². The Morgan fingerprint density at radius 3 is 2.24 bits per heavy atom. The van der Waals surface area contributed by atoms with Crippen LogP contribution in [0.15, 0.2) is 94.9 Å². The van der Waals surface area contributed by atoms with E-state index in [0.29, 0.717) is 48.5 Å². The first-order chi connectivity index (χ1) is 21.0. The number of H-pyrrole nitrogens is 1. The van der Waals surface area contributed by atoms with Gasteiger partial charge in [-0.1, -0.05) is 18.2 Å². The fourth-order valence-electron chi connectivity index (χ4n) is 4.93. The molecule has 0 atom stereocenters. The number of nitrogens with zero attached hydrogens (tertiary/aromatic N) is 2. The van der Waals surface area contributed by atoms with Gasteiger partial charge in [-0.2, -0.15) is 3.71 Å². The molecule has 0 amide bonds. The van der Waals surface area contributed by atoms with Gasteiger partial charge in [0.05, 0.1) is 23.1 Å². The number of anilines is 2. The molecule has 5 rings (SSSR count). The second-order valence-corrected chi connectivity index (χ2v) is 16.4. The number of sulfone groups is 1. The van der Waals surface area contributed by atoms with Gasteiger partial charge < -0.3 is 19.6 Å². The lowest BCUT2D eigenvalue weighted by Crippen LogP contribution is -2.35. The molecular formula is C30H30N4O8S3. The molecule has 3 aromatic carbocycles. The van der Waals surface area contributed by atoms with Crippen molar-refractivity contribution < 1.29 is 30.0 Å². The fourth-order valence-corrected chi connectivity index (χ4v) is 8.54. The van der Waals surface area contributed by atoms with Crippen LogP contribution in [-0.2, 0) is 43.5 Å². The molecule has 5 aromatic rings. The Morgan fingerprint density at radius 2 is 1.56 bits per heavy atom. The number of hydrogen-bond acceptors (Lipinski definition) is 9. The maximum atomic E-state index is 12.7. The van der Waals surface area contributed by atoms with E-state index in [2.05, 4.69) is 10.3 Å². The lowest BCUT2D eigenvalue weighted by Gasteiger charge is -2.20. The number of sulfonamides is 2. The zero-order valence-corrected chi connectivity index (χ0v) is 27.1. The third-order valence-corrected chi connectivity index (χ3v) is 11.2. The van der Waals surface area contributed by atoms with E-state index >= 15 is 0 Å². The minimum atomic E-state index is -4.09. The van der Waals surface area contributed by atoms with Crippen LogP contribution in [0.1, 0.15) is 5.56 Å². The molecule has 0 spiro atoms. The number of nitrogens with one attached hydrogen (secondary N) is 2. The molecule has 0 radical (unpaired) electrons. The molecule has 12 nitrogen and oxygen atoms in total. The highest BCUT2D eigenvalue weighted by Gasteiger charge is 2.27. The summed E-state index contributed by atoms with van der Waals surface area (Å²) in [4.78, 5) is 15.7. The standard InChI is InChI=1S/C30H30N4O8S3/c1-33-19-27(25-13-14-31-29(25)30(33)35)26-17-24(43(2,36)37)11-12-28(26)42-23-10-6-8-21(16-23)32-18-20-7-5-9-22(15-20)34(44(3,38)39)45(4,40)41/h5-17,19,31-32H,18H2,1-4H3. The molecule has 0 bridgehead atoms. The number of aryl methyl sites for hydroxylation is 1. The number of fused-ring (bicyclic) bond motifs is 1. The van der Waals surface area contributed by atoms with Crippen LogP contribution in [-0.4, -0.2) is 53.6 Å². The molecule has 0 saturated heterocycles. The third-order valence-electron chi connectivity index (χ3n) is 6.85. The zero-order valence-electron chi connectivity index (χ0n) is 24.7. The SMILES string of the molecule is Cn1cc(-c2cc(S(C)(=O)=O)ccc2Oc2cccc(NCc3cccc(N(S(C)(=O)=O)S(C)(=O)=O)c3)c2)c2cc[nH]c2c1=O. The van der Waals surface area contributed by atoms with Gasteiger partial charge in [0.2, 0.25) is 20.0 Å². The first-order valence-electron chi connectivity index (χ1n) is 13.3. The van der Waals surface area contributed by atoms with Crippen molar-refractivity contribution in [1.29, 1.82) is 0 Å². The van der Waals surface area contributed by atoms with Gasteiger partial charge >= 0.3 is 0 Å². The average Bonchev–Trinajstić information content (AvgIpc) is 3.43. The number of benzene rings is 3. The lowest BCUT2D eigenvalue weighted by molar-refractivity contribution is 0.484. The second kappa shape index (κ2) is 11.7. The first-order valence-corrected chi connectivity index (χ1v) is 18.9. The molecule has 0 fully saturated rings. The van der Waals surface area contributed by atoms with Gasteiger partial charge in [0.15, 0.2) is 9.84 Å². The topological polar surface area (TPSA) is 165 Å². The highest BCUT2D eigenvalue weighted by Crippen LogP contribution is 2.38. The van der Waals surface area contributed by atoms with Crippen LogP contribution in [0.4, 0.5) is 11.4 Å². The summed E-state index contributed by atoms with van der Waals surface area (Å²) in [5.74, 6) is 0.785. The van der Waals surface area contributed by atoms with Gasteiger partial charge in [0, 0.05) is 60.5 Å². The molecule has 0 aliphatic rings. The second-order valence-electron chi connectivity index (χ2n) is 10.5. The maximum absolute atomic E-state index is 12.7. The summed E-state index contributed by atoms with van der Waals surface area (Å²) in [5, 5.41) is 3.83. The quantitative estimate of drug-likeness (QED) is 0.223. The maximum Gasteiger partial charge on any atom is 0.274 e. The lowest BCUT2D eigenvalue weighted by atomic mass is 10.0. The third kappa shape index (κ3) is 6.90. The number of rotatable bonds is 10. The van der Waals surface area contributed by atoms with E-state index in [4.69, 9.17) is 4.74 Å². The highest BCUT2D eigenvalue weighted by atomic mass is 32.3. The average molecular weight is 671 g/mol. The van der Waals surface area contributed by atoms with Gasteiger partial charge in [-0.05, 0) is 54.1 Å². The van der Waals surface area contributed by atoms with Gasteiger partial charge in [0.1, 0.15) is 17.0 Å². The molecule has 45 heavy (non-hydrogen) atoms. The largest absolute Gasteiger partial charge is 0.457 e. The number of aromatic amines is 1. The molecule has 0 unspecified atom stereocenters. The van der Waals surface area contributed by atoms with E-state index in [1.54, 1.807) is 68.0 Å². The Bertz CT molecular complexity index is 2300. The summed E-state index contributed by atoms with van der Waals surface area (Å²) in [6, 6.07) is 19.4. The Labute approximate surface area is 260 Å². The predicted molar refractivity (Wildman–Crippen MR) is 175 cm³/mol. The molecule has 236 valence electrons. The monoisotopic (exact) mass is 670 g/mol. The smallest absolute Gasteiger partial charge is 0.274 e. The molecule has 15 heteroatoms. The van der Waals surface area contributed by atoms with E-state index in [0.717, 1.165) is 18.8 Å². The summed E-state index contributed by atoms with van der Waals surface area (Å²) >= 11 is 0. The number of pyridine rings is 1. The Hall–Kier alpha value is -4.60. The summed E-state index contributed by atoms with van der Waals surface area (Å²) in [7, 11) is -10.1. The normalized spacial score (nSPS) is 12.3. The van der Waals surface area contributed by atoms with Crippen molar-refractivity contribution in [1.82, 2.24) is 9.55 Å². The molecule has 2 heterocycles. The van der Waals surface area contributed by atoms with Crippen molar-refractivity contribution in [2.45, 2.75) is 11.4 Å². The van der Waals surface area contributed by atoms with Crippen LogP contribution >= 0.6 is 0 Å². The van der Waals surface area contributed by atoms with E-state index in [1.165, 1.54) is 28.8 Å². The molecule has 0 saturated carbocycles. The van der Waals surface area contributed by atoms with E-state index < -0.39 is 29.9 Å². The van der Waals surface area contributed by atoms with Crippen molar-refractivity contribution in [3.8, 4) is 22.6 Å². The summed E-state index contributed by atoms with van der Waals surface area (Å²) in [6.07, 6.45) is 6.04. The van der Waals surface area contributed by atoms with Gasteiger partial charge in [-0.25, -0.2) is 25.3 Å². The fraction of sp³-hybridized carbons (Fsp3) is 0.167. The predicted octanol–water partition coefficient (Wildman–Crippen LogP) is 4.07. The Balaban J connectivity index is 1.46. The molecule has 0 aliphatic heterocycles. The van der Waals surface area contributed by atoms with Gasteiger partial charge in [-0.15, -0.1) is 0 Å². The molecule has 2 N–H and O–H groups in total. The molecule has 2 aromatic heterocycles. The minimum absolute atomic E-state index is 0.00334. The molecular weight excluding hydrogens is 641 g/mol. The van der Waals surface area contributed by atoms with Crippen molar-refractivity contribution in [2.75, 3.05) is 27.8 Å². The summed E-state index contributed by atoms with van der Waals surface area (Å²) in [5.41, 5.74) is 2.47. The highest BCUT2D eigenvalue weighted by molar-refractivity contribution is 8.09. The number of aromatic nitrogens is 2. The van der Waals surface area contributed by atoms with Crippen LogP contribution < -0.4 is 19.3 Å². The minimum Gasteiger partial charge on any atom is -0.457 e. The molecule has 0 aliphatic carbocycles. The number of hydrogen-bond donors (Lipinski definition) is 2. The van der Waals surface area contributed by atoms with Gasteiger partial charge in [-0.3, -0.25) is 4.79 Å². The van der Waals surface area contributed by atoms with E-state index in [-0.39, 0.29) is 22.7 Å². The van der Waals surface area contributed by atoms with Crippen molar-refractivity contribution in [3.63, 3.8) is 0 Å². The Kier molecular flexibility index (Phi) is 8.29. The van der Waals surface area contributed by atoms with Crippen LogP contribution in [0, 0.1) is 0 Å². The number of ether oxygens (including phenoxy) is 1. The van der Waals surface area contributed by atoms with Crippen molar-refractivity contribution in [2.24, 2.45) is 7.05 Å². The van der Waals surface area contributed by atoms with Gasteiger partial charge in [0.25, 0.3) is 5.56 Å². The Morgan fingerprint density at radius 1 is 0.844 bits per heavy atom. The van der Waals surface area contributed by atoms with Crippen molar-refractivity contribution in [3.05, 3.63) is 101 Å². The van der Waals surface area contributed by atoms with Crippen molar-refractivity contribution >= 4 is 52.2 Å². The van der Waals surface area contributed by atoms with Crippen LogP contribution in [0.5, 0.6) is 11.5 Å². The zero-order chi connectivity index (χ0) is 32.7. The summed E-state index contributed by atoms with van der Waals surface area (Å²) < 4.78 is 81.7. The first kappa shape index (κ1) is 31.8. The summed E-state index contributed by atoms with van der Waals surface area (Å²) in [6.45, 7) is 0.233. The van der Waals surface area contributed by atoms with Crippen LogP contribution in [0.2, 0.25) is 0 Å². The van der Waals surface area contributed by atoms with E-state index in [1.807, 2.05) is 0 Å². The van der Waals surface area contributed by atoms with Crippen LogP contribution in [0.25, 0.3) is 22.0 Å².